The van der Waals surface area contributed by atoms with E-state index in [0.29, 0.717) is 6.67 Å². The molecule has 0 saturated heterocycles. The highest BCUT2D eigenvalue weighted by Gasteiger charge is 2.41. The van der Waals surface area contributed by atoms with Crippen LogP contribution in [0.2, 0.25) is 0 Å². The van der Waals surface area contributed by atoms with Gasteiger partial charge in [0.15, 0.2) is 0 Å². The van der Waals surface area contributed by atoms with Crippen molar-refractivity contribution in [1.82, 2.24) is 14.7 Å². The number of alkyl halides is 1. The number of halogens is 1. The molecule has 0 bridgehead atoms. The lowest BCUT2D eigenvalue weighted by Gasteiger charge is -2.43. The van der Waals surface area contributed by atoms with E-state index in [0.717, 1.165) is 11.1 Å². The number of carbonyl (C=O) groups excluding carboxylic acids is 1. The number of aromatic nitrogens is 2. The molecule has 1 aromatic rings. The number of nitrogens with zero attached hydrogens (tertiary/aromatic N) is 3. The molecule has 0 saturated carbocycles. The predicted octanol–water partition coefficient (Wildman–Crippen LogP) is 2.96. The van der Waals surface area contributed by atoms with Crippen molar-refractivity contribution in [3.8, 4) is 0 Å². The van der Waals surface area contributed by atoms with Crippen molar-refractivity contribution < 1.29 is 4.79 Å². The maximum atomic E-state index is 12.1. The third-order valence-electron chi connectivity index (χ3n) is 3.88. The molecule has 108 valence electrons. The molecule has 0 fully saturated rings. The fourth-order valence-corrected chi connectivity index (χ4v) is 2.95. The smallest absolute Gasteiger partial charge is 0.221 e. The largest absolute Gasteiger partial charge is 0.314 e. The van der Waals surface area contributed by atoms with Gasteiger partial charge in [-0.05, 0) is 32.4 Å². The van der Waals surface area contributed by atoms with Crippen LogP contribution in [0.3, 0.4) is 0 Å². The number of hydrogen-bond acceptors (Lipinski definition) is 2. The summed E-state index contributed by atoms with van der Waals surface area (Å²) in [6.45, 7) is 7.92. The fraction of sp³-hybridized carbons (Fsp3) is 0.467. The van der Waals surface area contributed by atoms with Gasteiger partial charge in [0.2, 0.25) is 5.91 Å². The van der Waals surface area contributed by atoms with Gasteiger partial charge in [-0.3, -0.25) is 9.48 Å². The summed E-state index contributed by atoms with van der Waals surface area (Å²) in [5, 5.41) is 4.17. The second kappa shape index (κ2) is 5.44. The van der Waals surface area contributed by atoms with Crippen LogP contribution in [-0.2, 0) is 11.5 Å². The van der Waals surface area contributed by atoms with Crippen molar-refractivity contribution in [3.63, 3.8) is 0 Å². The maximum Gasteiger partial charge on any atom is 0.221 e. The number of rotatable bonds is 3. The minimum Gasteiger partial charge on any atom is -0.314 e. The summed E-state index contributed by atoms with van der Waals surface area (Å²) < 4.78 is 1.73. The fourth-order valence-electron chi connectivity index (χ4n) is 2.60. The Morgan fingerprint density at radius 1 is 1.50 bits per heavy atom. The monoisotopic (exact) mass is 293 g/mol. The van der Waals surface area contributed by atoms with E-state index in [1.54, 1.807) is 22.7 Å². The molecular formula is C15H20ClN3O. The Morgan fingerprint density at radius 3 is 2.75 bits per heavy atom. The highest BCUT2D eigenvalue weighted by Crippen LogP contribution is 2.38. The molecule has 0 aliphatic heterocycles. The molecular weight excluding hydrogens is 274 g/mol. The number of allylic oxidation sites excluding steroid dienone is 2. The zero-order chi connectivity index (χ0) is 14.9. The first-order chi connectivity index (χ1) is 9.34. The lowest BCUT2D eigenvalue weighted by molar-refractivity contribution is -0.133. The Morgan fingerprint density at radius 2 is 2.20 bits per heavy atom. The molecule has 1 aromatic heterocycles. The van der Waals surface area contributed by atoms with Gasteiger partial charge in [0.1, 0.15) is 6.67 Å². The van der Waals surface area contributed by atoms with Crippen LogP contribution in [0.5, 0.6) is 0 Å². The van der Waals surface area contributed by atoms with Crippen LogP contribution in [0.4, 0.5) is 0 Å². The second-order valence-electron chi connectivity index (χ2n) is 5.41. The van der Waals surface area contributed by atoms with Crippen LogP contribution in [-0.4, -0.2) is 31.5 Å². The number of amides is 1. The van der Waals surface area contributed by atoms with Crippen molar-refractivity contribution in [1.29, 1.82) is 0 Å². The third-order valence-corrected chi connectivity index (χ3v) is 4.39. The first kappa shape index (κ1) is 14.9. The van der Waals surface area contributed by atoms with Crippen molar-refractivity contribution in [2.45, 2.75) is 45.3 Å². The van der Waals surface area contributed by atoms with Gasteiger partial charge in [-0.15, -0.1) is 11.6 Å². The van der Waals surface area contributed by atoms with Gasteiger partial charge in [0.05, 0.1) is 10.9 Å². The Bertz CT molecular complexity index is 558. The van der Waals surface area contributed by atoms with Crippen molar-refractivity contribution in [3.05, 3.63) is 41.8 Å². The lowest BCUT2D eigenvalue weighted by Crippen LogP contribution is -2.52. The molecule has 2 atom stereocenters. The molecule has 0 spiro atoms. The molecule has 5 heteroatoms. The normalized spacial score (nSPS) is 25.9. The predicted molar refractivity (Wildman–Crippen MR) is 80.3 cm³/mol. The molecule has 0 aromatic carbocycles. The first-order valence-electron chi connectivity index (χ1n) is 6.63. The summed E-state index contributed by atoms with van der Waals surface area (Å²) in [7, 11) is 0. The molecule has 0 radical (unpaired) electrons. The maximum absolute atomic E-state index is 12.1. The molecule has 1 heterocycles. The van der Waals surface area contributed by atoms with E-state index in [1.165, 1.54) is 0 Å². The van der Waals surface area contributed by atoms with Gasteiger partial charge < -0.3 is 4.90 Å². The zero-order valence-corrected chi connectivity index (χ0v) is 13.1. The van der Waals surface area contributed by atoms with Crippen LogP contribution in [0.25, 0.3) is 0 Å². The van der Waals surface area contributed by atoms with E-state index in [1.807, 2.05) is 45.2 Å². The highest BCUT2D eigenvalue weighted by atomic mass is 35.5. The molecule has 1 aliphatic rings. The minimum atomic E-state index is -0.600. The third kappa shape index (κ3) is 2.66. The van der Waals surface area contributed by atoms with E-state index in [4.69, 9.17) is 11.6 Å². The summed E-state index contributed by atoms with van der Waals surface area (Å²) >= 11 is 6.73. The first-order valence-corrected chi connectivity index (χ1v) is 7.01. The van der Waals surface area contributed by atoms with E-state index >= 15 is 0 Å². The Labute approximate surface area is 124 Å². The van der Waals surface area contributed by atoms with Crippen LogP contribution < -0.4 is 0 Å². The standard InChI is InChI=1S/C15H20ClN3O/c1-11-6-7-12(2)15(4,16)14(11)19(13(3)20)10-18-9-5-8-17-18/h5-9,14H,10H2,1-4H3. The topological polar surface area (TPSA) is 38.1 Å². The van der Waals surface area contributed by atoms with Crippen molar-refractivity contribution in [2.24, 2.45) is 0 Å². The molecule has 1 amide bonds. The average Bonchev–Trinajstić information content (AvgIpc) is 2.86. The van der Waals surface area contributed by atoms with Crippen molar-refractivity contribution in [2.75, 3.05) is 0 Å². The summed E-state index contributed by atoms with van der Waals surface area (Å²) in [6, 6.07) is 1.67. The average molecular weight is 294 g/mol. The second-order valence-corrected chi connectivity index (χ2v) is 6.20. The van der Waals surface area contributed by atoms with Crippen molar-refractivity contribution >= 4 is 17.5 Å². The molecule has 2 unspecified atom stereocenters. The Hall–Kier alpha value is -1.55. The summed E-state index contributed by atoms with van der Waals surface area (Å²) in [5.74, 6) is -0.0141. The van der Waals surface area contributed by atoms with Crippen LogP contribution in [0.15, 0.2) is 41.8 Å². The van der Waals surface area contributed by atoms with E-state index in [9.17, 15) is 4.79 Å². The van der Waals surface area contributed by atoms with E-state index in [-0.39, 0.29) is 11.9 Å². The summed E-state index contributed by atoms with van der Waals surface area (Å²) in [6.07, 6.45) is 7.59. The molecule has 0 N–H and O–H groups in total. The van der Waals surface area contributed by atoms with Crippen LogP contribution in [0.1, 0.15) is 27.7 Å². The van der Waals surface area contributed by atoms with E-state index < -0.39 is 4.87 Å². The quantitative estimate of drug-likeness (QED) is 0.804. The van der Waals surface area contributed by atoms with Crippen LogP contribution >= 0.6 is 11.6 Å². The highest BCUT2D eigenvalue weighted by molar-refractivity contribution is 6.26. The van der Waals surface area contributed by atoms with Gasteiger partial charge in [-0.2, -0.15) is 5.10 Å². The minimum absolute atomic E-state index is 0.0141. The number of carbonyl (C=O) groups is 1. The lowest BCUT2D eigenvalue weighted by atomic mass is 9.83. The van der Waals surface area contributed by atoms with Crippen LogP contribution in [0, 0.1) is 0 Å². The van der Waals surface area contributed by atoms with E-state index in [2.05, 4.69) is 5.10 Å². The molecule has 4 nitrogen and oxygen atoms in total. The summed E-state index contributed by atoms with van der Waals surface area (Å²) in [4.78, 5) is 13.3. The summed E-state index contributed by atoms with van der Waals surface area (Å²) in [5.41, 5.74) is 2.14. The van der Waals surface area contributed by atoms with Gasteiger partial charge in [0.25, 0.3) is 0 Å². The Balaban J connectivity index is 2.36. The van der Waals surface area contributed by atoms with Gasteiger partial charge >= 0.3 is 0 Å². The SMILES string of the molecule is CC(=O)N(Cn1cccn1)C1C(C)=CC=C(C)C1(C)Cl. The van der Waals surface area contributed by atoms with Gasteiger partial charge in [-0.1, -0.05) is 17.7 Å². The molecule has 20 heavy (non-hydrogen) atoms. The molecule has 1 aliphatic carbocycles. The van der Waals surface area contributed by atoms with Gasteiger partial charge in [-0.25, -0.2) is 0 Å². The van der Waals surface area contributed by atoms with Gasteiger partial charge in [0, 0.05) is 19.3 Å². The number of hydrogen-bond donors (Lipinski definition) is 0. The zero-order valence-electron chi connectivity index (χ0n) is 12.3. The molecule has 2 rings (SSSR count). The Kier molecular flexibility index (Phi) is 4.04.